The summed E-state index contributed by atoms with van der Waals surface area (Å²) in [6.45, 7) is 9.90. The molecule has 0 radical (unpaired) electrons. The van der Waals surface area contributed by atoms with E-state index in [0.717, 1.165) is 12.0 Å². The van der Waals surface area contributed by atoms with E-state index in [1.165, 1.54) is 77.8 Å². The predicted octanol–water partition coefficient (Wildman–Crippen LogP) is 2.18. The van der Waals surface area contributed by atoms with Crippen molar-refractivity contribution in [1.82, 2.24) is 15.1 Å². The highest BCUT2D eigenvalue weighted by Gasteiger charge is 2.19. The van der Waals surface area contributed by atoms with Crippen molar-refractivity contribution in [2.24, 2.45) is 5.92 Å². The first-order valence-electron chi connectivity index (χ1n) is 8.43. The van der Waals surface area contributed by atoms with Gasteiger partial charge in [-0.1, -0.05) is 13.3 Å². The molecular formula is C16H33N3. The largest absolute Gasteiger partial charge is 0.316 e. The van der Waals surface area contributed by atoms with Crippen LogP contribution in [0.5, 0.6) is 0 Å². The fourth-order valence-electron chi connectivity index (χ4n) is 3.59. The third-order valence-electron chi connectivity index (χ3n) is 5.16. The summed E-state index contributed by atoms with van der Waals surface area (Å²) in [6, 6.07) is 0.836. The van der Waals surface area contributed by atoms with Gasteiger partial charge in [-0.25, -0.2) is 0 Å². The molecule has 2 fully saturated rings. The topological polar surface area (TPSA) is 18.5 Å². The Bertz CT molecular complexity index is 236. The summed E-state index contributed by atoms with van der Waals surface area (Å²) in [4.78, 5) is 5.14. The lowest BCUT2D eigenvalue weighted by Crippen LogP contribution is -2.40. The zero-order chi connectivity index (χ0) is 13.5. The molecule has 0 bridgehead atoms. The second-order valence-electron chi connectivity index (χ2n) is 6.50. The first-order chi connectivity index (χ1) is 9.29. The quantitative estimate of drug-likeness (QED) is 0.744. The maximum Gasteiger partial charge on any atom is 0.0104 e. The molecule has 1 N–H and O–H groups in total. The van der Waals surface area contributed by atoms with Gasteiger partial charge in [-0.3, -0.25) is 0 Å². The molecule has 0 aromatic carbocycles. The summed E-state index contributed by atoms with van der Waals surface area (Å²) in [6.07, 6.45) is 8.37. The first kappa shape index (κ1) is 15.3. The first-order valence-corrected chi connectivity index (χ1v) is 8.43. The number of likely N-dealkylation sites (tertiary alicyclic amines) is 2. The summed E-state index contributed by atoms with van der Waals surface area (Å²) >= 11 is 0. The van der Waals surface area contributed by atoms with E-state index in [-0.39, 0.29) is 0 Å². The zero-order valence-electron chi connectivity index (χ0n) is 13.0. The average molecular weight is 267 g/mol. The molecule has 0 amide bonds. The maximum atomic E-state index is 3.71. The van der Waals surface area contributed by atoms with Gasteiger partial charge in [-0.2, -0.15) is 0 Å². The van der Waals surface area contributed by atoms with Crippen molar-refractivity contribution >= 4 is 0 Å². The highest BCUT2D eigenvalue weighted by molar-refractivity contribution is 4.76. The van der Waals surface area contributed by atoms with Gasteiger partial charge in [-0.15, -0.1) is 0 Å². The van der Waals surface area contributed by atoms with Gasteiger partial charge in [0.05, 0.1) is 0 Å². The Morgan fingerprint density at radius 1 is 1.05 bits per heavy atom. The molecule has 0 saturated carbocycles. The molecule has 1 atom stereocenters. The standard InChI is InChI=1S/C16H33N3/c1-3-19-12-8-15(9-13-19)14-17-10-7-16-6-4-5-11-18(16)2/h15-17H,3-14H2,1-2H3. The van der Waals surface area contributed by atoms with Crippen LogP contribution in [0.1, 0.15) is 45.4 Å². The summed E-state index contributed by atoms with van der Waals surface area (Å²) in [5, 5.41) is 3.71. The van der Waals surface area contributed by atoms with Crippen LogP contribution >= 0.6 is 0 Å². The van der Waals surface area contributed by atoms with Crippen molar-refractivity contribution in [1.29, 1.82) is 0 Å². The van der Waals surface area contributed by atoms with E-state index < -0.39 is 0 Å². The second kappa shape index (κ2) is 8.23. The van der Waals surface area contributed by atoms with Gasteiger partial charge in [0, 0.05) is 6.04 Å². The zero-order valence-corrected chi connectivity index (χ0v) is 13.0. The van der Waals surface area contributed by atoms with Crippen LogP contribution in [0.25, 0.3) is 0 Å². The fraction of sp³-hybridized carbons (Fsp3) is 1.00. The van der Waals surface area contributed by atoms with Crippen molar-refractivity contribution in [2.45, 2.75) is 51.5 Å². The van der Waals surface area contributed by atoms with Gasteiger partial charge >= 0.3 is 0 Å². The number of nitrogens with zero attached hydrogens (tertiary/aromatic N) is 2. The van der Waals surface area contributed by atoms with Gasteiger partial charge in [0.1, 0.15) is 0 Å². The Morgan fingerprint density at radius 2 is 1.84 bits per heavy atom. The minimum atomic E-state index is 0.836. The van der Waals surface area contributed by atoms with E-state index in [1.54, 1.807) is 0 Å². The van der Waals surface area contributed by atoms with Crippen LogP contribution < -0.4 is 5.32 Å². The van der Waals surface area contributed by atoms with Gasteiger partial charge in [0.2, 0.25) is 0 Å². The van der Waals surface area contributed by atoms with E-state index >= 15 is 0 Å². The van der Waals surface area contributed by atoms with Crippen molar-refractivity contribution in [3.63, 3.8) is 0 Å². The third kappa shape index (κ3) is 5.05. The molecule has 0 aromatic heterocycles. The highest BCUT2D eigenvalue weighted by Crippen LogP contribution is 2.18. The van der Waals surface area contributed by atoms with Crippen molar-refractivity contribution in [3.05, 3.63) is 0 Å². The van der Waals surface area contributed by atoms with E-state index in [2.05, 4.69) is 29.1 Å². The lowest BCUT2D eigenvalue weighted by molar-refractivity contribution is 0.170. The van der Waals surface area contributed by atoms with Crippen LogP contribution in [0.3, 0.4) is 0 Å². The number of hydrogen-bond donors (Lipinski definition) is 1. The third-order valence-corrected chi connectivity index (χ3v) is 5.16. The molecule has 0 aliphatic carbocycles. The van der Waals surface area contributed by atoms with Crippen LogP contribution in [-0.4, -0.2) is 62.2 Å². The minimum Gasteiger partial charge on any atom is -0.316 e. The Labute approximate surface area is 119 Å². The molecule has 2 aliphatic heterocycles. The Morgan fingerprint density at radius 3 is 2.53 bits per heavy atom. The number of piperidine rings is 2. The van der Waals surface area contributed by atoms with E-state index in [1.807, 2.05) is 0 Å². The van der Waals surface area contributed by atoms with Gasteiger partial charge < -0.3 is 15.1 Å². The Kier molecular flexibility index (Phi) is 6.62. The van der Waals surface area contributed by atoms with Crippen LogP contribution in [0.4, 0.5) is 0 Å². The molecule has 3 nitrogen and oxygen atoms in total. The summed E-state index contributed by atoms with van der Waals surface area (Å²) in [5.41, 5.74) is 0. The monoisotopic (exact) mass is 267 g/mol. The fourth-order valence-corrected chi connectivity index (χ4v) is 3.59. The van der Waals surface area contributed by atoms with Gasteiger partial charge in [0.25, 0.3) is 0 Å². The molecular weight excluding hydrogens is 234 g/mol. The molecule has 0 aromatic rings. The van der Waals surface area contributed by atoms with Crippen LogP contribution in [0.2, 0.25) is 0 Å². The predicted molar refractivity (Wildman–Crippen MR) is 82.6 cm³/mol. The highest BCUT2D eigenvalue weighted by atomic mass is 15.1. The molecule has 2 saturated heterocycles. The molecule has 19 heavy (non-hydrogen) atoms. The molecule has 3 heteroatoms. The van der Waals surface area contributed by atoms with Gasteiger partial charge in [-0.05, 0) is 84.3 Å². The lowest BCUT2D eigenvalue weighted by Gasteiger charge is -2.33. The molecule has 2 aliphatic rings. The van der Waals surface area contributed by atoms with Crippen LogP contribution in [-0.2, 0) is 0 Å². The number of hydrogen-bond acceptors (Lipinski definition) is 3. The number of rotatable bonds is 6. The SMILES string of the molecule is CCN1CCC(CNCCC2CCCCN2C)CC1. The Balaban J connectivity index is 1.52. The molecule has 112 valence electrons. The average Bonchev–Trinajstić information content (AvgIpc) is 2.46. The molecule has 2 rings (SSSR count). The summed E-state index contributed by atoms with van der Waals surface area (Å²) in [5.74, 6) is 0.923. The van der Waals surface area contributed by atoms with E-state index in [9.17, 15) is 0 Å². The number of nitrogens with one attached hydrogen (secondary N) is 1. The summed E-state index contributed by atoms with van der Waals surface area (Å²) in [7, 11) is 2.30. The van der Waals surface area contributed by atoms with E-state index in [4.69, 9.17) is 0 Å². The van der Waals surface area contributed by atoms with Gasteiger partial charge in [0.15, 0.2) is 0 Å². The van der Waals surface area contributed by atoms with Crippen LogP contribution in [0, 0.1) is 5.92 Å². The second-order valence-corrected chi connectivity index (χ2v) is 6.50. The van der Waals surface area contributed by atoms with Crippen molar-refractivity contribution in [3.8, 4) is 0 Å². The summed E-state index contributed by atoms with van der Waals surface area (Å²) < 4.78 is 0. The lowest BCUT2D eigenvalue weighted by atomic mass is 9.96. The molecule has 2 heterocycles. The molecule has 0 spiro atoms. The Hall–Kier alpha value is -0.120. The smallest absolute Gasteiger partial charge is 0.0104 e. The van der Waals surface area contributed by atoms with Crippen molar-refractivity contribution < 1.29 is 0 Å². The molecule has 1 unspecified atom stereocenters. The van der Waals surface area contributed by atoms with Crippen LogP contribution in [0.15, 0.2) is 0 Å². The van der Waals surface area contributed by atoms with Crippen molar-refractivity contribution in [2.75, 3.05) is 46.3 Å². The van der Waals surface area contributed by atoms with E-state index in [0.29, 0.717) is 0 Å². The minimum absolute atomic E-state index is 0.836. The maximum absolute atomic E-state index is 3.71. The normalized spacial score (nSPS) is 27.8.